The van der Waals surface area contributed by atoms with E-state index in [1.165, 1.54) is 0 Å². The van der Waals surface area contributed by atoms with Crippen LogP contribution in [0.4, 0.5) is 11.4 Å². The Bertz CT molecular complexity index is 999. The summed E-state index contributed by atoms with van der Waals surface area (Å²) in [5.41, 5.74) is 1.29. The van der Waals surface area contributed by atoms with Crippen LogP contribution in [0, 0.1) is 0 Å². The number of para-hydroxylation sites is 2. The molecule has 0 bridgehead atoms. The lowest BCUT2D eigenvalue weighted by Crippen LogP contribution is -2.45. The summed E-state index contributed by atoms with van der Waals surface area (Å²) < 4.78 is 6.00. The van der Waals surface area contributed by atoms with Crippen molar-refractivity contribution in [2.24, 2.45) is 0 Å². The van der Waals surface area contributed by atoms with Crippen molar-refractivity contribution in [3.63, 3.8) is 0 Å². The maximum Gasteiger partial charge on any atom is 0.239 e. The predicted molar refractivity (Wildman–Crippen MR) is 139 cm³/mol. The van der Waals surface area contributed by atoms with Gasteiger partial charge in [0.1, 0.15) is 11.9 Å². The number of ether oxygens (including phenoxy) is 1. The number of nitrogens with zero attached hydrogens (tertiary/aromatic N) is 1. The molecule has 1 aliphatic heterocycles. The Hall–Kier alpha value is -2.52. The molecule has 0 unspecified atom stereocenters. The van der Waals surface area contributed by atoms with Crippen molar-refractivity contribution in [2.75, 3.05) is 43.4 Å². The number of likely N-dealkylation sites (tertiary alicyclic amines) is 1. The van der Waals surface area contributed by atoms with E-state index in [0.29, 0.717) is 40.1 Å². The van der Waals surface area contributed by atoms with E-state index in [-0.39, 0.29) is 31.0 Å². The number of halogens is 2. The lowest BCUT2D eigenvalue weighted by Gasteiger charge is -2.33. The van der Waals surface area contributed by atoms with Crippen molar-refractivity contribution in [3.8, 4) is 5.75 Å². The standard InChI is InChI=1S/C25H32Cl2N4O4/c1-2-24(33)30-23-6-4-3-5-22(23)28-15-25(34)29-14-17(32)16-31-11-9-18(10-12-31)35-19-7-8-20(26)21(27)13-19/h3-8,13,17-18,28,32H,2,9-12,14-16H2,1H3,(H,29,34)(H,30,33)/t17-/m1/s1. The molecule has 190 valence electrons. The van der Waals surface area contributed by atoms with Gasteiger partial charge >= 0.3 is 0 Å². The quantitative estimate of drug-likeness (QED) is 0.358. The normalized spacial score (nSPS) is 15.3. The number of aliphatic hydroxyl groups excluding tert-OH is 1. The van der Waals surface area contributed by atoms with Gasteiger partial charge in [-0.05, 0) is 37.1 Å². The van der Waals surface area contributed by atoms with Crippen LogP contribution in [0.1, 0.15) is 26.2 Å². The molecule has 1 saturated heterocycles. The molecule has 0 radical (unpaired) electrons. The van der Waals surface area contributed by atoms with Crippen LogP contribution < -0.4 is 20.7 Å². The van der Waals surface area contributed by atoms with E-state index < -0.39 is 6.10 Å². The molecule has 2 amide bonds. The van der Waals surface area contributed by atoms with Gasteiger partial charge in [-0.3, -0.25) is 9.59 Å². The molecule has 10 heteroatoms. The Kier molecular flexibility index (Phi) is 10.5. The monoisotopic (exact) mass is 522 g/mol. The molecule has 0 aliphatic carbocycles. The summed E-state index contributed by atoms with van der Waals surface area (Å²) >= 11 is 12.0. The summed E-state index contributed by atoms with van der Waals surface area (Å²) in [6.45, 7) is 4.02. The summed E-state index contributed by atoms with van der Waals surface area (Å²) in [5, 5.41) is 19.9. The summed E-state index contributed by atoms with van der Waals surface area (Å²) in [6.07, 6.45) is 1.43. The fourth-order valence-electron chi connectivity index (χ4n) is 3.77. The number of benzene rings is 2. The lowest BCUT2D eigenvalue weighted by molar-refractivity contribution is -0.120. The molecule has 4 N–H and O–H groups in total. The summed E-state index contributed by atoms with van der Waals surface area (Å²) in [6, 6.07) is 12.5. The van der Waals surface area contributed by atoms with E-state index in [9.17, 15) is 14.7 Å². The number of carbonyl (C=O) groups is 2. The molecule has 0 spiro atoms. The molecule has 1 aliphatic rings. The Morgan fingerprint density at radius 2 is 1.80 bits per heavy atom. The number of anilines is 2. The third-order valence-corrected chi connectivity index (χ3v) is 6.43. The first kappa shape index (κ1) is 27.1. The van der Waals surface area contributed by atoms with E-state index in [4.69, 9.17) is 27.9 Å². The highest BCUT2D eigenvalue weighted by Gasteiger charge is 2.22. The van der Waals surface area contributed by atoms with Crippen molar-refractivity contribution in [2.45, 2.75) is 38.4 Å². The molecule has 2 aromatic carbocycles. The molecule has 8 nitrogen and oxygen atoms in total. The molecule has 3 rings (SSSR count). The first-order chi connectivity index (χ1) is 16.8. The van der Waals surface area contributed by atoms with Crippen molar-refractivity contribution >= 4 is 46.4 Å². The molecule has 35 heavy (non-hydrogen) atoms. The van der Waals surface area contributed by atoms with E-state index in [1.807, 2.05) is 18.2 Å². The van der Waals surface area contributed by atoms with Gasteiger partial charge in [0.05, 0.1) is 34.1 Å². The Morgan fingerprint density at radius 1 is 1.09 bits per heavy atom. The van der Waals surface area contributed by atoms with Gasteiger partial charge in [0.25, 0.3) is 0 Å². The highest BCUT2D eigenvalue weighted by atomic mass is 35.5. The number of carbonyl (C=O) groups excluding carboxylic acids is 2. The van der Waals surface area contributed by atoms with Gasteiger partial charge in [-0.2, -0.15) is 0 Å². The van der Waals surface area contributed by atoms with Crippen LogP contribution in [0.25, 0.3) is 0 Å². The number of piperidine rings is 1. The van der Waals surface area contributed by atoms with Gasteiger partial charge in [-0.15, -0.1) is 0 Å². The first-order valence-corrected chi connectivity index (χ1v) is 12.5. The maximum absolute atomic E-state index is 12.2. The van der Waals surface area contributed by atoms with Crippen LogP contribution in [-0.4, -0.2) is 66.8 Å². The zero-order valence-corrected chi connectivity index (χ0v) is 21.2. The van der Waals surface area contributed by atoms with Gasteiger partial charge < -0.3 is 30.7 Å². The second-order valence-electron chi connectivity index (χ2n) is 8.45. The fourth-order valence-corrected chi connectivity index (χ4v) is 4.06. The largest absolute Gasteiger partial charge is 0.490 e. The Labute approximate surface area is 215 Å². The van der Waals surface area contributed by atoms with Gasteiger partial charge in [-0.25, -0.2) is 0 Å². The molecule has 0 aromatic heterocycles. The molecular weight excluding hydrogens is 491 g/mol. The van der Waals surface area contributed by atoms with E-state index >= 15 is 0 Å². The topological polar surface area (TPSA) is 103 Å². The van der Waals surface area contributed by atoms with Gasteiger partial charge in [0, 0.05) is 38.7 Å². The number of β-amino-alcohol motifs (C(OH)–C–C–N with tert-alkyl or cyclic N) is 1. The van der Waals surface area contributed by atoms with Crippen LogP contribution in [0.2, 0.25) is 10.0 Å². The van der Waals surface area contributed by atoms with Crippen molar-refractivity contribution in [1.82, 2.24) is 10.2 Å². The maximum atomic E-state index is 12.2. The highest BCUT2D eigenvalue weighted by molar-refractivity contribution is 6.42. The second kappa shape index (κ2) is 13.5. The van der Waals surface area contributed by atoms with Crippen molar-refractivity contribution in [1.29, 1.82) is 0 Å². The van der Waals surface area contributed by atoms with Crippen molar-refractivity contribution in [3.05, 3.63) is 52.5 Å². The number of nitrogens with one attached hydrogen (secondary N) is 3. The van der Waals surface area contributed by atoms with Crippen LogP contribution >= 0.6 is 23.2 Å². The minimum atomic E-state index is -0.678. The SMILES string of the molecule is CCC(=O)Nc1ccccc1NCC(=O)NC[C@@H](O)CN1CCC(Oc2ccc(Cl)c(Cl)c2)CC1. The minimum Gasteiger partial charge on any atom is -0.490 e. The summed E-state index contributed by atoms with van der Waals surface area (Å²) in [4.78, 5) is 26.1. The summed E-state index contributed by atoms with van der Waals surface area (Å²) in [7, 11) is 0. The van der Waals surface area contributed by atoms with Gasteiger partial charge in [0.15, 0.2) is 0 Å². The zero-order chi connectivity index (χ0) is 25.2. The Morgan fingerprint density at radius 3 is 2.49 bits per heavy atom. The van der Waals surface area contributed by atoms with Gasteiger partial charge in [0.2, 0.25) is 11.8 Å². The zero-order valence-electron chi connectivity index (χ0n) is 19.7. The average Bonchev–Trinajstić information content (AvgIpc) is 2.85. The fraction of sp³-hybridized carbons (Fsp3) is 0.440. The smallest absolute Gasteiger partial charge is 0.239 e. The van der Waals surface area contributed by atoms with E-state index in [0.717, 1.165) is 25.9 Å². The molecule has 1 fully saturated rings. The summed E-state index contributed by atoms with van der Waals surface area (Å²) in [5.74, 6) is 0.357. The number of amides is 2. The molecule has 2 aromatic rings. The van der Waals surface area contributed by atoms with E-state index in [2.05, 4.69) is 20.9 Å². The number of aliphatic hydroxyl groups is 1. The van der Waals surface area contributed by atoms with Crippen LogP contribution in [-0.2, 0) is 9.59 Å². The van der Waals surface area contributed by atoms with E-state index in [1.54, 1.807) is 31.2 Å². The van der Waals surface area contributed by atoms with Gasteiger partial charge in [-0.1, -0.05) is 42.3 Å². The van der Waals surface area contributed by atoms with Crippen LogP contribution in [0.3, 0.4) is 0 Å². The van der Waals surface area contributed by atoms with Crippen LogP contribution in [0.5, 0.6) is 5.75 Å². The Balaban J connectivity index is 1.34. The second-order valence-corrected chi connectivity index (χ2v) is 9.27. The molecule has 1 atom stereocenters. The number of rotatable bonds is 11. The average molecular weight is 523 g/mol. The number of hydrogen-bond donors (Lipinski definition) is 4. The molecular formula is C25H32Cl2N4O4. The third-order valence-electron chi connectivity index (χ3n) is 5.69. The highest BCUT2D eigenvalue weighted by Crippen LogP contribution is 2.28. The van der Waals surface area contributed by atoms with Crippen molar-refractivity contribution < 1.29 is 19.4 Å². The minimum absolute atomic E-state index is 0.0309. The first-order valence-electron chi connectivity index (χ1n) is 11.8. The lowest BCUT2D eigenvalue weighted by atomic mass is 10.1. The molecule has 0 saturated carbocycles. The third kappa shape index (κ3) is 8.89. The number of hydrogen-bond acceptors (Lipinski definition) is 6. The van der Waals surface area contributed by atoms with Crippen LogP contribution in [0.15, 0.2) is 42.5 Å². The predicted octanol–water partition coefficient (Wildman–Crippen LogP) is 3.77. The molecule has 1 heterocycles.